The Hall–Kier alpha value is -1.90. The van der Waals surface area contributed by atoms with Gasteiger partial charge in [-0.3, -0.25) is 4.79 Å². The Kier molecular flexibility index (Phi) is 6.18. The van der Waals surface area contributed by atoms with Gasteiger partial charge in [-0.2, -0.15) is 4.31 Å². The molecule has 7 nitrogen and oxygen atoms in total. The average Bonchev–Trinajstić information content (AvgIpc) is 3.05. The van der Waals surface area contributed by atoms with Gasteiger partial charge in [0.1, 0.15) is 0 Å². The first-order valence-corrected chi connectivity index (χ1v) is 10.7. The van der Waals surface area contributed by atoms with E-state index in [1.165, 1.54) is 4.31 Å². The molecule has 1 aromatic carbocycles. The maximum atomic E-state index is 13.1. The van der Waals surface area contributed by atoms with Crippen LogP contribution in [0.3, 0.4) is 0 Å². The van der Waals surface area contributed by atoms with Crippen molar-refractivity contribution in [2.45, 2.75) is 24.2 Å². The lowest BCUT2D eigenvalue weighted by Crippen LogP contribution is -2.45. The third-order valence-corrected chi connectivity index (χ3v) is 6.93. The maximum absolute atomic E-state index is 13.1. The molecule has 3 rings (SSSR count). The number of fused-ring (bicyclic) bond motifs is 1. The topological polar surface area (TPSA) is 80.6 Å². The van der Waals surface area contributed by atoms with E-state index in [2.05, 4.69) is 5.32 Å². The van der Waals surface area contributed by atoms with Crippen molar-refractivity contribution in [3.8, 4) is 0 Å². The first-order chi connectivity index (χ1) is 12.9. The molecule has 1 fully saturated rings. The van der Waals surface area contributed by atoms with Gasteiger partial charge in [0.25, 0.3) is 0 Å². The molecule has 0 saturated carbocycles. The lowest BCUT2D eigenvalue weighted by Gasteiger charge is -2.31. The molecular weight excluding hydrogens is 366 g/mol. The van der Waals surface area contributed by atoms with Crippen LogP contribution < -0.4 is 5.32 Å². The summed E-state index contributed by atoms with van der Waals surface area (Å²) in [5.41, 5.74) is 0.987. The normalized spacial score (nSPS) is 18.7. The van der Waals surface area contributed by atoms with Gasteiger partial charge in [0.2, 0.25) is 15.9 Å². The number of amides is 1. The molecule has 0 radical (unpaired) electrons. The number of nitrogens with one attached hydrogen (secondary N) is 1. The van der Waals surface area contributed by atoms with Crippen molar-refractivity contribution >= 4 is 26.8 Å². The van der Waals surface area contributed by atoms with Crippen LogP contribution in [-0.4, -0.2) is 56.5 Å². The van der Waals surface area contributed by atoms with Gasteiger partial charge in [-0.1, -0.05) is 0 Å². The summed E-state index contributed by atoms with van der Waals surface area (Å²) >= 11 is 0. The first-order valence-electron chi connectivity index (χ1n) is 9.25. The van der Waals surface area contributed by atoms with E-state index in [1.807, 2.05) is 29.9 Å². The number of nitrogens with zero attached hydrogens (tertiary/aromatic N) is 2. The van der Waals surface area contributed by atoms with Crippen LogP contribution in [0, 0.1) is 5.92 Å². The van der Waals surface area contributed by atoms with Gasteiger partial charge >= 0.3 is 0 Å². The summed E-state index contributed by atoms with van der Waals surface area (Å²) in [7, 11) is -0.0647. The summed E-state index contributed by atoms with van der Waals surface area (Å²) in [6.07, 6.45) is 4.04. The number of hydrogen-bond donors (Lipinski definition) is 1. The number of methoxy groups -OCH3 is 1. The van der Waals surface area contributed by atoms with Crippen LogP contribution in [0.4, 0.5) is 0 Å². The number of ether oxygens (including phenoxy) is 1. The van der Waals surface area contributed by atoms with E-state index in [-0.39, 0.29) is 23.3 Å². The largest absolute Gasteiger partial charge is 0.385 e. The quantitative estimate of drug-likeness (QED) is 0.727. The molecule has 8 heteroatoms. The Morgan fingerprint density at radius 3 is 2.93 bits per heavy atom. The Morgan fingerprint density at radius 2 is 2.15 bits per heavy atom. The van der Waals surface area contributed by atoms with E-state index in [9.17, 15) is 13.2 Å². The molecule has 27 heavy (non-hydrogen) atoms. The predicted molar refractivity (Wildman–Crippen MR) is 104 cm³/mol. The van der Waals surface area contributed by atoms with Gasteiger partial charge < -0.3 is 14.6 Å². The minimum Gasteiger partial charge on any atom is -0.385 e. The fraction of sp³-hybridized carbons (Fsp3) is 0.526. The van der Waals surface area contributed by atoms with Crippen molar-refractivity contribution < 1.29 is 17.9 Å². The molecule has 1 aliphatic rings. The number of aryl methyl sites for hydroxylation is 1. The molecule has 0 aliphatic carbocycles. The zero-order chi connectivity index (χ0) is 19.4. The summed E-state index contributed by atoms with van der Waals surface area (Å²) < 4.78 is 34.5. The molecule has 1 amide bonds. The minimum absolute atomic E-state index is 0.0792. The van der Waals surface area contributed by atoms with Gasteiger partial charge in [0, 0.05) is 57.5 Å². The van der Waals surface area contributed by atoms with Gasteiger partial charge in [-0.05, 0) is 43.5 Å². The SMILES string of the molecule is COCCCNC(=O)[C@H]1CCCN(S(=O)(=O)c2ccc3c(ccn3C)c2)C1. The molecule has 2 aromatic rings. The van der Waals surface area contributed by atoms with Crippen LogP contribution in [0.1, 0.15) is 19.3 Å². The number of aromatic nitrogens is 1. The van der Waals surface area contributed by atoms with Gasteiger partial charge in [-0.25, -0.2) is 8.42 Å². The summed E-state index contributed by atoms with van der Waals surface area (Å²) in [4.78, 5) is 12.7. The molecule has 2 heterocycles. The van der Waals surface area contributed by atoms with Crippen LogP contribution in [0.5, 0.6) is 0 Å². The Labute approximate surface area is 160 Å². The molecule has 148 valence electrons. The zero-order valence-electron chi connectivity index (χ0n) is 15.8. The van der Waals surface area contributed by atoms with Crippen LogP contribution in [0.2, 0.25) is 0 Å². The van der Waals surface area contributed by atoms with Crippen LogP contribution >= 0.6 is 0 Å². The van der Waals surface area contributed by atoms with E-state index in [1.54, 1.807) is 19.2 Å². The molecule has 0 bridgehead atoms. The van der Waals surface area contributed by atoms with Crippen LogP contribution in [0.15, 0.2) is 35.4 Å². The third kappa shape index (κ3) is 4.34. The molecule has 0 unspecified atom stereocenters. The van der Waals surface area contributed by atoms with Gasteiger partial charge in [0.05, 0.1) is 10.8 Å². The standard InChI is InChI=1S/C19H27N3O4S/c1-21-11-8-15-13-17(6-7-18(15)21)27(24,25)22-10-3-5-16(14-22)19(23)20-9-4-12-26-2/h6-8,11,13,16H,3-5,9-10,12,14H2,1-2H3,(H,20,23)/t16-/m0/s1. The lowest BCUT2D eigenvalue weighted by atomic mass is 9.99. The summed E-state index contributed by atoms with van der Waals surface area (Å²) in [5, 5.41) is 3.77. The van der Waals surface area contributed by atoms with Crippen molar-refractivity contribution in [3.05, 3.63) is 30.5 Å². The number of benzene rings is 1. The second kappa shape index (κ2) is 8.41. The highest BCUT2D eigenvalue weighted by atomic mass is 32.2. The summed E-state index contributed by atoms with van der Waals surface area (Å²) in [6.45, 7) is 1.81. The molecule has 1 N–H and O–H groups in total. The minimum atomic E-state index is -3.62. The first kappa shape index (κ1) is 19.9. The second-order valence-electron chi connectivity index (χ2n) is 6.99. The number of carbonyl (C=O) groups is 1. The second-order valence-corrected chi connectivity index (χ2v) is 8.92. The molecular formula is C19H27N3O4S. The Bertz CT molecular complexity index is 907. The van der Waals surface area contributed by atoms with E-state index in [0.717, 1.165) is 17.3 Å². The molecule has 1 atom stereocenters. The smallest absolute Gasteiger partial charge is 0.243 e. The van der Waals surface area contributed by atoms with Gasteiger partial charge in [0.15, 0.2) is 0 Å². The van der Waals surface area contributed by atoms with E-state index in [4.69, 9.17) is 4.74 Å². The number of hydrogen-bond acceptors (Lipinski definition) is 4. The maximum Gasteiger partial charge on any atom is 0.243 e. The van der Waals surface area contributed by atoms with E-state index in [0.29, 0.717) is 32.5 Å². The number of carbonyl (C=O) groups excluding carboxylic acids is 1. The van der Waals surface area contributed by atoms with Crippen molar-refractivity contribution in [1.29, 1.82) is 0 Å². The molecule has 1 aliphatic heterocycles. The lowest BCUT2D eigenvalue weighted by molar-refractivity contribution is -0.126. The monoisotopic (exact) mass is 393 g/mol. The summed E-state index contributed by atoms with van der Waals surface area (Å²) in [5.74, 6) is -0.388. The van der Waals surface area contributed by atoms with Crippen molar-refractivity contribution in [3.63, 3.8) is 0 Å². The molecule has 1 saturated heterocycles. The Morgan fingerprint density at radius 1 is 1.33 bits per heavy atom. The van der Waals surface area contributed by atoms with E-state index < -0.39 is 10.0 Å². The van der Waals surface area contributed by atoms with Crippen LogP contribution in [0.25, 0.3) is 10.9 Å². The number of rotatable bonds is 7. The van der Waals surface area contributed by atoms with Crippen molar-refractivity contribution in [2.24, 2.45) is 13.0 Å². The summed E-state index contributed by atoms with van der Waals surface area (Å²) in [6, 6.07) is 7.08. The molecule has 0 spiro atoms. The third-order valence-electron chi connectivity index (χ3n) is 5.07. The number of sulfonamides is 1. The van der Waals surface area contributed by atoms with Gasteiger partial charge in [-0.15, -0.1) is 0 Å². The fourth-order valence-corrected chi connectivity index (χ4v) is 5.08. The van der Waals surface area contributed by atoms with Crippen molar-refractivity contribution in [2.75, 3.05) is 33.4 Å². The molecule has 1 aromatic heterocycles. The Balaban J connectivity index is 1.70. The van der Waals surface area contributed by atoms with Crippen molar-refractivity contribution in [1.82, 2.24) is 14.2 Å². The van der Waals surface area contributed by atoms with E-state index >= 15 is 0 Å². The van der Waals surface area contributed by atoms with Crippen LogP contribution in [-0.2, 0) is 26.6 Å². The highest BCUT2D eigenvalue weighted by Crippen LogP contribution is 2.26. The highest BCUT2D eigenvalue weighted by molar-refractivity contribution is 7.89. The average molecular weight is 394 g/mol. The predicted octanol–water partition coefficient (Wildman–Crippen LogP) is 1.73. The fourth-order valence-electron chi connectivity index (χ4n) is 3.52. The highest BCUT2D eigenvalue weighted by Gasteiger charge is 2.33. The zero-order valence-corrected chi connectivity index (χ0v) is 16.7. The number of piperidine rings is 1.